The SMILES string of the molecule is N#CCc1ccc(OCc2ccc(Cl)cc2)c([N+](=O)[O-])c1. The van der Waals surface area contributed by atoms with Crippen molar-refractivity contribution >= 4 is 17.3 Å². The molecule has 2 rings (SSSR count). The van der Waals surface area contributed by atoms with Gasteiger partial charge in [0, 0.05) is 11.1 Å². The van der Waals surface area contributed by atoms with Crippen molar-refractivity contribution in [3.05, 3.63) is 68.7 Å². The maximum atomic E-state index is 11.1. The van der Waals surface area contributed by atoms with Crippen LogP contribution in [0.25, 0.3) is 0 Å². The van der Waals surface area contributed by atoms with Gasteiger partial charge in [-0.2, -0.15) is 5.26 Å². The maximum Gasteiger partial charge on any atom is 0.311 e. The lowest BCUT2D eigenvalue weighted by Gasteiger charge is -2.08. The van der Waals surface area contributed by atoms with Crippen LogP contribution in [-0.2, 0) is 13.0 Å². The molecule has 0 N–H and O–H groups in total. The fraction of sp³-hybridized carbons (Fsp3) is 0.133. The molecular formula is C15H11ClN2O3. The zero-order valence-electron chi connectivity index (χ0n) is 11.0. The minimum atomic E-state index is -0.516. The highest BCUT2D eigenvalue weighted by Crippen LogP contribution is 2.29. The third kappa shape index (κ3) is 3.94. The minimum absolute atomic E-state index is 0.123. The van der Waals surface area contributed by atoms with E-state index >= 15 is 0 Å². The standard InChI is InChI=1S/C15H11ClN2O3/c16-13-4-1-12(2-5-13)10-21-15-6-3-11(7-8-17)9-14(15)18(19)20/h1-6,9H,7,10H2. The third-order valence-corrected chi connectivity index (χ3v) is 3.06. The molecule has 0 aliphatic rings. The van der Waals surface area contributed by atoms with Crippen LogP contribution in [0.5, 0.6) is 5.75 Å². The van der Waals surface area contributed by atoms with Crippen molar-refractivity contribution in [2.24, 2.45) is 0 Å². The number of ether oxygens (including phenoxy) is 1. The molecule has 0 aliphatic heterocycles. The second-order valence-corrected chi connectivity index (χ2v) is 4.75. The quantitative estimate of drug-likeness (QED) is 0.620. The van der Waals surface area contributed by atoms with E-state index in [-0.39, 0.29) is 24.5 Å². The molecule has 0 atom stereocenters. The highest BCUT2D eigenvalue weighted by Gasteiger charge is 2.16. The van der Waals surface area contributed by atoms with Crippen LogP contribution in [0.4, 0.5) is 5.69 Å². The molecule has 0 aromatic heterocycles. The molecule has 2 aromatic carbocycles. The van der Waals surface area contributed by atoms with Crippen LogP contribution in [0.15, 0.2) is 42.5 Å². The van der Waals surface area contributed by atoms with Gasteiger partial charge in [-0.3, -0.25) is 10.1 Å². The second kappa shape index (κ2) is 6.73. The molecule has 0 saturated heterocycles. The van der Waals surface area contributed by atoms with Gasteiger partial charge in [-0.15, -0.1) is 0 Å². The number of benzene rings is 2. The fourth-order valence-corrected chi connectivity index (χ4v) is 1.90. The lowest BCUT2D eigenvalue weighted by molar-refractivity contribution is -0.386. The van der Waals surface area contributed by atoms with Crippen LogP contribution in [0, 0.1) is 21.4 Å². The smallest absolute Gasteiger partial charge is 0.311 e. The van der Waals surface area contributed by atoms with E-state index in [0.717, 1.165) is 5.56 Å². The number of nitriles is 1. The molecule has 2 aromatic rings. The third-order valence-electron chi connectivity index (χ3n) is 2.81. The number of nitrogens with zero attached hydrogens (tertiary/aromatic N) is 2. The highest BCUT2D eigenvalue weighted by atomic mass is 35.5. The number of hydrogen-bond donors (Lipinski definition) is 0. The minimum Gasteiger partial charge on any atom is -0.482 e. The van der Waals surface area contributed by atoms with Crippen molar-refractivity contribution in [1.82, 2.24) is 0 Å². The molecule has 0 heterocycles. The van der Waals surface area contributed by atoms with E-state index < -0.39 is 4.92 Å². The summed E-state index contributed by atoms with van der Waals surface area (Å²) in [6.07, 6.45) is 0.123. The predicted molar refractivity (Wildman–Crippen MR) is 78.2 cm³/mol. The Kier molecular flexibility index (Phi) is 4.75. The zero-order valence-corrected chi connectivity index (χ0v) is 11.7. The van der Waals surface area contributed by atoms with Crippen molar-refractivity contribution in [3.63, 3.8) is 0 Å². The van der Waals surface area contributed by atoms with Crippen LogP contribution in [0.2, 0.25) is 5.02 Å². The Labute approximate surface area is 126 Å². The van der Waals surface area contributed by atoms with Gasteiger partial charge in [-0.25, -0.2) is 0 Å². The Morgan fingerprint density at radius 3 is 2.48 bits per heavy atom. The summed E-state index contributed by atoms with van der Waals surface area (Å²) in [5.74, 6) is 0.177. The van der Waals surface area contributed by atoms with Gasteiger partial charge in [0.1, 0.15) is 6.61 Å². The average Bonchev–Trinajstić information content (AvgIpc) is 2.47. The molecule has 106 valence electrons. The second-order valence-electron chi connectivity index (χ2n) is 4.31. The van der Waals surface area contributed by atoms with E-state index in [1.54, 1.807) is 30.3 Å². The van der Waals surface area contributed by atoms with E-state index in [2.05, 4.69) is 0 Å². The van der Waals surface area contributed by atoms with Crippen molar-refractivity contribution in [2.75, 3.05) is 0 Å². The summed E-state index contributed by atoms with van der Waals surface area (Å²) in [5, 5.41) is 20.3. The van der Waals surface area contributed by atoms with Crippen molar-refractivity contribution in [1.29, 1.82) is 5.26 Å². The first-order chi connectivity index (χ1) is 10.1. The van der Waals surface area contributed by atoms with E-state index in [1.807, 2.05) is 6.07 Å². The summed E-state index contributed by atoms with van der Waals surface area (Å²) in [7, 11) is 0. The molecule has 0 radical (unpaired) electrons. The van der Waals surface area contributed by atoms with Crippen molar-refractivity contribution < 1.29 is 9.66 Å². The number of halogens is 1. The monoisotopic (exact) mass is 302 g/mol. The summed E-state index contributed by atoms with van der Waals surface area (Å²) in [6, 6.07) is 13.5. The number of hydrogen-bond acceptors (Lipinski definition) is 4. The molecule has 0 aliphatic carbocycles. The average molecular weight is 303 g/mol. The largest absolute Gasteiger partial charge is 0.482 e. The van der Waals surface area contributed by atoms with E-state index in [4.69, 9.17) is 21.6 Å². The summed E-state index contributed by atoms with van der Waals surface area (Å²) < 4.78 is 5.49. The Morgan fingerprint density at radius 1 is 1.19 bits per heavy atom. The molecule has 21 heavy (non-hydrogen) atoms. The first-order valence-electron chi connectivity index (χ1n) is 6.11. The molecule has 0 fully saturated rings. The predicted octanol–water partition coefficient (Wildman–Crippen LogP) is 3.89. The van der Waals surface area contributed by atoms with Crippen molar-refractivity contribution in [3.8, 4) is 11.8 Å². The fourth-order valence-electron chi connectivity index (χ4n) is 1.77. The van der Waals surface area contributed by atoms with E-state index in [0.29, 0.717) is 10.6 Å². The van der Waals surface area contributed by atoms with Crippen LogP contribution in [0.3, 0.4) is 0 Å². The first-order valence-corrected chi connectivity index (χ1v) is 6.49. The summed E-state index contributed by atoms with van der Waals surface area (Å²) in [4.78, 5) is 10.5. The molecule has 6 heteroatoms. The molecular weight excluding hydrogens is 292 g/mol. The van der Waals surface area contributed by atoms with Crippen LogP contribution in [0.1, 0.15) is 11.1 Å². The van der Waals surface area contributed by atoms with Gasteiger partial charge in [0.25, 0.3) is 0 Å². The topological polar surface area (TPSA) is 76.2 Å². The van der Waals surface area contributed by atoms with E-state index in [9.17, 15) is 10.1 Å². The van der Waals surface area contributed by atoms with Gasteiger partial charge in [0.15, 0.2) is 5.75 Å². The normalized spacial score (nSPS) is 9.90. The first kappa shape index (κ1) is 14.8. The summed E-state index contributed by atoms with van der Waals surface area (Å²) in [5.41, 5.74) is 1.30. The molecule has 0 bridgehead atoms. The van der Waals surface area contributed by atoms with Gasteiger partial charge in [0.05, 0.1) is 17.4 Å². The van der Waals surface area contributed by atoms with E-state index in [1.165, 1.54) is 12.1 Å². The Bertz CT molecular complexity index is 693. The molecule has 5 nitrogen and oxygen atoms in total. The molecule has 0 saturated carbocycles. The Hall–Kier alpha value is -2.58. The lowest BCUT2D eigenvalue weighted by Crippen LogP contribution is -2.00. The zero-order chi connectivity index (χ0) is 15.2. The van der Waals surface area contributed by atoms with Crippen molar-refractivity contribution in [2.45, 2.75) is 13.0 Å². The summed E-state index contributed by atoms with van der Waals surface area (Å²) in [6.45, 7) is 0.204. The van der Waals surface area contributed by atoms with Gasteiger partial charge in [0.2, 0.25) is 0 Å². The van der Waals surface area contributed by atoms with Crippen LogP contribution < -0.4 is 4.74 Å². The highest BCUT2D eigenvalue weighted by molar-refractivity contribution is 6.30. The summed E-state index contributed by atoms with van der Waals surface area (Å²) >= 11 is 5.79. The lowest BCUT2D eigenvalue weighted by atomic mass is 10.1. The van der Waals surface area contributed by atoms with Gasteiger partial charge < -0.3 is 4.74 Å². The van der Waals surface area contributed by atoms with Gasteiger partial charge >= 0.3 is 5.69 Å². The number of rotatable bonds is 5. The number of nitro groups is 1. The molecule has 0 unspecified atom stereocenters. The van der Waals surface area contributed by atoms with Crippen LogP contribution in [-0.4, -0.2) is 4.92 Å². The van der Waals surface area contributed by atoms with Crippen LogP contribution >= 0.6 is 11.6 Å². The molecule has 0 amide bonds. The molecule has 0 spiro atoms. The Morgan fingerprint density at radius 2 is 1.86 bits per heavy atom. The maximum absolute atomic E-state index is 11.1. The van der Waals surface area contributed by atoms with Gasteiger partial charge in [-0.05, 0) is 29.3 Å². The number of nitro benzene ring substituents is 1. The van der Waals surface area contributed by atoms with Gasteiger partial charge in [-0.1, -0.05) is 29.8 Å². The Balaban J connectivity index is 2.17.